The normalized spacial score (nSPS) is 19.9. The molecular weight excluding hydrogens is 215 g/mol. The van der Waals surface area contributed by atoms with Crippen LogP contribution in [0.25, 0.3) is 0 Å². The standard InChI is InChI=1S/C15H21FO/c16-14-10-6-5-9-13(14)11-15(17)12-7-3-1-2-4-8-12/h5-6,9-10,12,15,17H,1-4,7-8,11H2. The van der Waals surface area contributed by atoms with Gasteiger partial charge in [-0.3, -0.25) is 0 Å². The van der Waals surface area contributed by atoms with Gasteiger partial charge in [0, 0.05) is 6.42 Å². The van der Waals surface area contributed by atoms with E-state index in [1.165, 1.54) is 31.7 Å². The van der Waals surface area contributed by atoms with E-state index in [0.29, 0.717) is 17.9 Å². The Morgan fingerprint density at radius 2 is 1.76 bits per heavy atom. The average Bonchev–Trinajstić information content (AvgIpc) is 2.61. The molecule has 1 unspecified atom stereocenters. The highest BCUT2D eigenvalue weighted by atomic mass is 19.1. The highest BCUT2D eigenvalue weighted by molar-refractivity contribution is 5.18. The number of rotatable bonds is 3. The van der Waals surface area contributed by atoms with Gasteiger partial charge in [-0.05, 0) is 30.4 Å². The fraction of sp³-hybridized carbons (Fsp3) is 0.600. The van der Waals surface area contributed by atoms with Crippen LogP contribution in [0, 0.1) is 11.7 Å². The molecule has 1 nitrogen and oxygen atoms in total. The summed E-state index contributed by atoms with van der Waals surface area (Å²) in [6.07, 6.45) is 7.23. The van der Waals surface area contributed by atoms with Gasteiger partial charge in [0.2, 0.25) is 0 Å². The van der Waals surface area contributed by atoms with Crippen LogP contribution in [-0.4, -0.2) is 11.2 Å². The molecular formula is C15H21FO. The lowest BCUT2D eigenvalue weighted by Gasteiger charge is -2.21. The first-order valence-corrected chi connectivity index (χ1v) is 6.69. The van der Waals surface area contributed by atoms with Gasteiger partial charge < -0.3 is 5.11 Å². The Kier molecular flexibility index (Phi) is 4.55. The molecule has 1 N–H and O–H groups in total. The lowest BCUT2D eigenvalue weighted by Crippen LogP contribution is -2.23. The van der Waals surface area contributed by atoms with Crippen molar-refractivity contribution in [1.29, 1.82) is 0 Å². The molecule has 1 fully saturated rings. The van der Waals surface area contributed by atoms with Crippen molar-refractivity contribution in [3.63, 3.8) is 0 Å². The van der Waals surface area contributed by atoms with E-state index in [9.17, 15) is 9.50 Å². The van der Waals surface area contributed by atoms with Crippen molar-refractivity contribution in [2.45, 2.75) is 51.0 Å². The van der Waals surface area contributed by atoms with E-state index < -0.39 is 0 Å². The summed E-state index contributed by atoms with van der Waals surface area (Å²) in [4.78, 5) is 0. The van der Waals surface area contributed by atoms with Crippen molar-refractivity contribution in [2.75, 3.05) is 0 Å². The van der Waals surface area contributed by atoms with Crippen molar-refractivity contribution in [3.05, 3.63) is 35.6 Å². The minimum atomic E-state index is -0.384. The van der Waals surface area contributed by atoms with Gasteiger partial charge in [0.05, 0.1) is 6.10 Å². The predicted octanol–water partition coefficient (Wildman–Crippen LogP) is 3.70. The van der Waals surface area contributed by atoms with Crippen molar-refractivity contribution >= 4 is 0 Å². The highest BCUT2D eigenvalue weighted by Gasteiger charge is 2.21. The topological polar surface area (TPSA) is 20.2 Å². The summed E-state index contributed by atoms with van der Waals surface area (Å²) in [6.45, 7) is 0. The largest absolute Gasteiger partial charge is 0.392 e. The maximum atomic E-state index is 13.5. The summed E-state index contributed by atoms with van der Waals surface area (Å²) in [5, 5.41) is 10.2. The molecule has 17 heavy (non-hydrogen) atoms. The number of hydrogen-bond acceptors (Lipinski definition) is 1. The fourth-order valence-corrected chi connectivity index (χ4v) is 2.75. The number of aliphatic hydroxyl groups is 1. The Morgan fingerprint density at radius 3 is 2.41 bits per heavy atom. The minimum absolute atomic E-state index is 0.194. The summed E-state index contributed by atoms with van der Waals surface area (Å²) in [7, 11) is 0. The molecule has 1 aromatic carbocycles. The molecule has 1 aliphatic carbocycles. The second-order valence-electron chi connectivity index (χ2n) is 5.11. The van der Waals surface area contributed by atoms with Gasteiger partial charge in [-0.25, -0.2) is 4.39 Å². The van der Waals surface area contributed by atoms with Gasteiger partial charge >= 0.3 is 0 Å². The van der Waals surface area contributed by atoms with Crippen LogP contribution in [-0.2, 0) is 6.42 Å². The van der Waals surface area contributed by atoms with Crippen molar-refractivity contribution in [2.24, 2.45) is 5.92 Å². The number of hydrogen-bond donors (Lipinski definition) is 1. The van der Waals surface area contributed by atoms with Gasteiger partial charge in [-0.2, -0.15) is 0 Å². The van der Waals surface area contributed by atoms with E-state index in [2.05, 4.69) is 0 Å². The van der Waals surface area contributed by atoms with Crippen molar-refractivity contribution in [3.8, 4) is 0 Å². The molecule has 2 heteroatoms. The molecule has 0 saturated heterocycles. The average molecular weight is 236 g/mol. The van der Waals surface area contributed by atoms with E-state index in [1.807, 2.05) is 6.07 Å². The molecule has 0 bridgehead atoms. The second kappa shape index (κ2) is 6.15. The predicted molar refractivity (Wildman–Crippen MR) is 67.3 cm³/mol. The Labute approximate surface area is 103 Å². The van der Waals surface area contributed by atoms with Crippen LogP contribution in [0.2, 0.25) is 0 Å². The van der Waals surface area contributed by atoms with E-state index in [0.717, 1.165) is 12.8 Å². The zero-order valence-corrected chi connectivity index (χ0v) is 10.2. The van der Waals surface area contributed by atoms with E-state index in [4.69, 9.17) is 0 Å². The third kappa shape index (κ3) is 3.53. The van der Waals surface area contributed by atoms with Crippen LogP contribution < -0.4 is 0 Å². The van der Waals surface area contributed by atoms with Crippen LogP contribution in [0.5, 0.6) is 0 Å². The fourth-order valence-electron chi connectivity index (χ4n) is 2.75. The summed E-state index contributed by atoms with van der Waals surface area (Å²) >= 11 is 0. The molecule has 0 spiro atoms. The summed E-state index contributed by atoms with van der Waals surface area (Å²) in [6, 6.07) is 6.76. The van der Waals surface area contributed by atoms with Crippen molar-refractivity contribution in [1.82, 2.24) is 0 Å². The Hall–Kier alpha value is -0.890. The molecule has 2 rings (SSSR count). The van der Waals surface area contributed by atoms with E-state index in [1.54, 1.807) is 12.1 Å². The highest BCUT2D eigenvalue weighted by Crippen LogP contribution is 2.27. The summed E-state index contributed by atoms with van der Waals surface area (Å²) in [5.74, 6) is 0.164. The molecule has 0 aromatic heterocycles. The number of benzene rings is 1. The molecule has 0 aliphatic heterocycles. The smallest absolute Gasteiger partial charge is 0.126 e. The third-order valence-electron chi connectivity index (χ3n) is 3.83. The molecule has 1 atom stereocenters. The van der Waals surface area contributed by atoms with Gasteiger partial charge in [0.1, 0.15) is 5.82 Å². The van der Waals surface area contributed by atoms with Gasteiger partial charge in [-0.1, -0.05) is 43.9 Å². The molecule has 94 valence electrons. The lowest BCUT2D eigenvalue weighted by molar-refractivity contribution is 0.0977. The zero-order chi connectivity index (χ0) is 12.1. The van der Waals surface area contributed by atoms with E-state index in [-0.39, 0.29) is 11.9 Å². The Morgan fingerprint density at radius 1 is 1.12 bits per heavy atom. The third-order valence-corrected chi connectivity index (χ3v) is 3.83. The molecule has 1 aromatic rings. The maximum absolute atomic E-state index is 13.5. The van der Waals surface area contributed by atoms with Crippen LogP contribution in [0.15, 0.2) is 24.3 Å². The quantitative estimate of drug-likeness (QED) is 0.793. The zero-order valence-electron chi connectivity index (χ0n) is 10.2. The van der Waals surface area contributed by atoms with Crippen molar-refractivity contribution < 1.29 is 9.50 Å². The Bertz CT molecular complexity index is 343. The van der Waals surface area contributed by atoms with Crippen LogP contribution in [0.1, 0.15) is 44.1 Å². The number of halogens is 1. The lowest BCUT2D eigenvalue weighted by atomic mass is 9.90. The van der Waals surface area contributed by atoms with E-state index >= 15 is 0 Å². The Balaban J connectivity index is 1.95. The molecule has 1 saturated carbocycles. The van der Waals surface area contributed by atoms with Gasteiger partial charge in [0.25, 0.3) is 0 Å². The first-order chi connectivity index (χ1) is 8.27. The minimum Gasteiger partial charge on any atom is -0.392 e. The SMILES string of the molecule is OC(Cc1ccccc1F)C1CCCCCC1. The monoisotopic (exact) mass is 236 g/mol. The summed E-state index contributed by atoms with van der Waals surface area (Å²) < 4.78 is 13.5. The van der Waals surface area contributed by atoms with Crippen LogP contribution in [0.4, 0.5) is 4.39 Å². The van der Waals surface area contributed by atoms with Crippen LogP contribution in [0.3, 0.4) is 0 Å². The van der Waals surface area contributed by atoms with Gasteiger partial charge in [-0.15, -0.1) is 0 Å². The molecule has 0 heterocycles. The van der Waals surface area contributed by atoms with Crippen LogP contribution >= 0.6 is 0 Å². The first-order valence-electron chi connectivity index (χ1n) is 6.69. The molecule has 1 aliphatic rings. The molecule has 0 radical (unpaired) electrons. The maximum Gasteiger partial charge on any atom is 0.126 e. The second-order valence-corrected chi connectivity index (χ2v) is 5.11. The number of aliphatic hydroxyl groups excluding tert-OH is 1. The molecule has 0 amide bonds. The summed E-state index contributed by atoms with van der Waals surface area (Å²) in [5.41, 5.74) is 0.643. The van der Waals surface area contributed by atoms with Gasteiger partial charge in [0.15, 0.2) is 0 Å². The first kappa shape index (κ1) is 12.6.